The zero-order chi connectivity index (χ0) is 15.6. The van der Waals surface area contributed by atoms with Crippen LogP contribution >= 0.6 is 11.6 Å². The van der Waals surface area contributed by atoms with Gasteiger partial charge in [-0.05, 0) is 30.4 Å². The van der Waals surface area contributed by atoms with Gasteiger partial charge in [-0.25, -0.2) is 0 Å². The quantitative estimate of drug-likeness (QED) is 0.917. The van der Waals surface area contributed by atoms with Gasteiger partial charge >= 0.3 is 0 Å². The average molecular weight is 339 g/mol. The molecule has 0 saturated carbocycles. The number of benzene rings is 1. The summed E-state index contributed by atoms with van der Waals surface area (Å²) in [5.74, 6) is 2.14. The lowest BCUT2D eigenvalue weighted by Crippen LogP contribution is -2.47. The monoisotopic (exact) mass is 338 g/mol. The molecule has 5 nitrogen and oxygen atoms in total. The van der Waals surface area contributed by atoms with Crippen molar-refractivity contribution >= 4 is 11.6 Å². The first-order valence-corrected chi connectivity index (χ1v) is 8.82. The summed E-state index contributed by atoms with van der Waals surface area (Å²) < 4.78 is 16.6. The molecule has 4 rings (SSSR count). The molecule has 1 atom stereocenters. The summed E-state index contributed by atoms with van der Waals surface area (Å²) in [4.78, 5) is 2.57. The molecule has 6 heteroatoms. The van der Waals surface area contributed by atoms with E-state index >= 15 is 0 Å². The van der Waals surface area contributed by atoms with Crippen LogP contribution in [0.1, 0.15) is 24.4 Å². The molecule has 1 aromatic carbocycles. The van der Waals surface area contributed by atoms with Crippen molar-refractivity contribution in [3.8, 4) is 11.5 Å². The summed E-state index contributed by atoms with van der Waals surface area (Å²) >= 11 is 6.63. The highest BCUT2D eigenvalue weighted by atomic mass is 35.5. The van der Waals surface area contributed by atoms with E-state index in [1.807, 2.05) is 6.07 Å². The molecule has 23 heavy (non-hydrogen) atoms. The summed E-state index contributed by atoms with van der Waals surface area (Å²) in [5, 5.41) is 4.22. The molecule has 1 N–H and O–H groups in total. The van der Waals surface area contributed by atoms with Crippen molar-refractivity contribution in [3.05, 3.63) is 22.7 Å². The fourth-order valence-corrected chi connectivity index (χ4v) is 4.17. The third-order valence-electron chi connectivity index (χ3n) is 5.07. The second kappa shape index (κ2) is 6.85. The molecule has 0 aromatic heterocycles. The van der Waals surface area contributed by atoms with Crippen LogP contribution in [0.4, 0.5) is 0 Å². The lowest BCUT2D eigenvalue weighted by molar-refractivity contribution is 0.0213. The topological polar surface area (TPSA) is 43.0 Å². The molecule has 0 spiro atoms. The van der Waals surface area contributed by atoms with Crippen LogP contribution in [-0.2, 0) is 4.74 Å². The van der Waals surface area contributed by atoms with E-state index in [0.29, 0.717) is 12.0 Å². The molecule has 3 aliphatic heterocycles. The Hall–Kier alpha value is -1.01. The molecule has 0 aliphatic carbocycles. The van der Waals surface area contributed by atoms with Crippen LogP contribution in [0.25, 0.3) is 0 Å². The van der Waals surface area contributed by atoms with Crippen LogP contribution < -0.4 is 14.8 Å². The lowest BCUT2D eigenvalue weighted by Gasteiger charge is -2.41. The van der Waals surface area contributed by atoms with Crippen molar-refractivity contribution in [2.24, 2.45) is 5.92 Å². The number of rotatable bonds is 3. The number of nitrogens with one attached hydrogen (secondary N) is 1. The average Bonchev–Trinajstić information content (AvgIpc) is 3.04. The minimum atomic E-state index is 0.282. The van der Waals surface area contributed by atoms with Crippen molar-refractivity contribution < 1.29 is 14.2 Å². The van der Waals surface area contributed by atoms with Crippen molar-refractivity contribution in [3.63, 3.8) is 0 Å². The van der Waals surface area contributed by atoms with Gasteiger partial charge < -0.3 is 19.5 Å². The maximum absolute atomic E-state index is 6.63. The number of halogens is 1. The van der Waals surface area contributed by atoms with E-state index in [4.69, 9.17) is 25.8 Å². The molecular formula is C17H23ClN2O3. The maximum Gasteiger partial charge on any atom is 0.231 e. The van der Waals surface area contributed by atoms with Crippen LogP contribution in [0.2, 0.25) is 5.02 Å². The van der Waals surface area contributed by atoms with Gasteiger partial charge in [0.25, 0.3) is 0 Å². The van der Waals surface area contributed by atoms with Gasteiger partial charge in [0, 0.05) is 56.5 Å². The highest BCUT2D eigenvalue weighted by Crippen LogP contribution is 2.44. The number of fused-ring (bicyclic) bond motifs is 1. The third-order valence-corrected chi connectivity index (χ3v) is 5.40. The predicted molar refractivity (Wildman–Crippen MR) is 88.3 cm³/mol. The molecule has 0 unspecified atom stereocenters. The summed E-state index contributed by atoms with van der Waals surface area (Å²) in [6.07, 6.45) is 2.17. The van der Waals surface area contributed by atoms with Gasteiger partial charge in [0.15, 0.2) is 11.5 Å². The van der Waals surface area contributed by atoms with Crippen molar-refractivity contribution in [2.75, 3.05) is 46.2 Å². The highest BCUT2D eigenvalue weighted by molar-refractivity contribution is 6.31. The number of hydrogen-bond donors (Lipinski definition) is 1. The number of piperazine rings is 1. The fourth-order valence-electron chi connectivity index (χ4n) is 3.90. The molecule has 3 aliphatic rings. The first-order valence-electron chi connectivity index (χ1n) is 8.44. The van der Waals surface area contributed by atoms with Gasteiger partial charge in [0.05, 0.1) is 0 Å². The maximum atomic E-state index is 6.63. The van der Waals surface area contributed by atoms with Crippen molar-refractivity contribution in [1.82, 2.24) is 10.2 Å². The zero-order valence-electron chi connectivity index (χ0n) is 13.2. The molecule has 0 bridgehead atoms. The Kier molecular flexibility index (Phi) is 4.62. The van der Waals surface area contributed by atoms with Gasteiger partial charge in [-0.3, -0.25) is 4.90 Å². The molecule has 0 radical (unpaired) electrons. The van der Waals surface area contributed by atoms with Crippen LogP contribution in [-0.4, -0.2) is 51.1 Å². The second-order valence-corrected chi connectivity index (χ2v) is 6.81. The zero-order valence-corrected chi connectivity index (χ0v) is 14.0. The molecule has 1 aromatic rings. The number of nitrogens with zero attached hydrogens (tertiary/aromatic N) is 1. The van der Waals surface area contributed by atoms with E-state index < -0.39 is 0 Å². The molecule has 0 amide bonds. The SMILES string of the molecule is Clc1cc2c(cc1[C@H](C1CCOCC1)N1CCNCC1)OCO2. The first kappa shape index (κ1) is 15.5. The van der Waals surface area contributed by atoms with E-state index in [1.165, 1.54) is 5.56 Å². The summed E-state index contributed by atoms with van der Waals surface area (Å²) in [7, 11) is 0. The smallest absolute Gasteiger partial charge is 0.231 e. The molecule has 2 fully saturated rings. The largest absolute Gasteiger partial charge is 0.454 e. The van der Waals surface area contributed by atoms with E-state index in [9.17, 15) is 0 Å². The van der Waals surface area contributed by atoms with Gasteiger partial charge in [-0.1, -0.05) is 11.6 Å². The Morgan fingerprint density at radius 1 is 1.09 bits per heavy atom. The Labute approximate surface area is 141 Å². The highest BCUT2D eigenvalue weighted by Gasteiger charge is 2.33. The molecule has 126 valence electrons. The lowest BCUT2D eigenvalue weighted by atomic mass is 9.85. The van der Waals surface area contributed by atoms with Gasteiger partial charge in [0.1, 0.15) is 0 Å². The summed E-state index contributed by atoms with van der Waals surface area (Å²) in [6.45, 7) is 6.12. The summed E-state index contributed by atoms with van der Waals surface area (Å²) in [5.41, 5.74) is 1.17. The van der Waals surface area contributed by atoms with Crippen LogP contribution in [0.5, 0.6) is 11.5 Å². The normalized spacial score (nSPS) is 23.9. The van der Waals surface area contributed by atoms with Crippen LogP contribution in [0, 0.1) is 5.92 Å². The summed E-state index contributed by atoms with van der Waals surface area (Å²) in [6, 6.07) is 4.32. The van der Waals surface area contributed by atoms with Gasteiger partial charge in [-0.15, -0.1) is 0 Å². The van der Waals surface area contributed by atoms with Gasteiger partial charge in [-0.2, -0.15) is 0 Å². The minimum Gasteiger partial charge on any atom is -0.454 e. The van der Waals surface area contributed by atoms with Crippen molar-refractivity contribution in [1.29, 1.82) is 0 Å². The molecule has 3 heterocycles. The van der Waals surface area contributed by atoms with Crippen LogP contribution in [0.3, 0.4) is 0 Å². The van der Waals surface area contributed by atoms with E-state index in [-0.39, 0.29) is 6.79 Å². The van der Waals surface area contributed by atoms with E-state index in [2.05, 4.69) is 16.3 Å². The second-order valence-electron chi connectivity index (χ2n) is 6.41. The Morgan fingerprint density at radius 2 is 1.78 bits per heavy atom. The molecular weight excluding hydrogens is 316 g/mol. The van der Waals surface area contributed by atoms with E-state index in [0.717, 1.165) is 68.8 Å². The third kappa shape index (κ3) is 3.15. The predicted octanol–water partition coefficient (Wildman–Crippen LogP) is 2.44. The van der Waals surface area contributed by atoms with Crippen LogP contribution in [0.15, 0.2) is 12.1 Å². The first-order chi connectivity index (χ1) is 11.3. The molecule has 2 saturated heterocycles. The van der Waals surface area contributed by atoms with Crippen molar-refractivity contribution in [2.45, 2.75) is 18.9 Å². The number of ether oxygens (including phenoxy) is 3. The standard InChI is InChI=1S/C17H23ClN2O3/c18-14-10-16-15(22-11-23-16)9-13(14)17(12-1-7-21-8-2-12)20-5-3-19-4-6-20/h9-10,12,17,19H,1-8,11H2/t17-/m0/s1. The van der Waals surface area contributed by atoms with E-state index in [1.54, 1.807) is 0 Å². The fraction of sp³-hybridized carbons (Fsp3) is 0.647. The Bertz CT molecular complexity index is 539. The Morgan fingerprint density at radius 3 is 2.52 bits per heavy atom. The Balaban J connectivity index is 1.68. The van der Waals surface area contributed by atoms with Gasteiger partial charge in [0.2, 0.25) is 6.79 Å². The minimum absolute atomic E-state index is 0.282. The number of hydrogen-bond acceptors (Lipinski definition) is 5.